The van der Waals surface area contributed by atoms with E-state index in [9.17, 15) is 29.4 Å². The topological polar surface area (TPSA) is 185 Å². The first kappa shape index (κ1) is 42.6. The lowest BCUT2D eigenvalue weighted by Gasteiger charge is -2.17. The number of alkyl carbamates (subject to hydrolysis) is 2. The fourth-order valence-electron chi connectivity index (χ4n) is 6.55. The molecule has 0 bridgehead atoms. The van der Waals surface area contributed by atoms with Crippen molar-refractivity contribution < 1.29 is 47.3 Å². The lowest BCUT2D eigenvalue weighted by Crippen LogP contribution is -2.41. The summed E-state index contributed by atoms with van der Waals surface area (Å²) in [6.45, 7) is 0.351. The number of fused-ring (bicyclic) bond motifs is 6. The molecule has 4 N–H and O–H groups in total. The number of hydrogen-bond donors (Lipinski definition) is 4. The van der Waals surface area contributed by atoms with Crippen molar-refractivity contribution >= 4 is 59.2 Å². The first-order valence-corrected chi connectivity index (χ1v) is 20.7. The average Bonchev–Trinajstić information content (AvgIpc) is 3.69. The first-order valence-electron chi connectivity index (χ1n) is 17.2. The van der Waals surface area contributed by atoms with Crippen LogP contribution < -0.4 is 10.6 Å². The Bertz CT molecular complexity index is 1760. The van der Waals surface area contributed by atoms with E-state index in [1.54, 1.807) is 0 Å². The molecular formula is C40H42N2O10S3. The largest absolute Gasteiger partial charge is 0.480 e. The second kappa shape index (κ2) is 21.7. The standard InChI is InChI=1S/2C20H21NO4S.O2S/c2*1-26-11-10-18(19(22)23)21-20(24)25-12-17-15-8-4-2-6-13(15)14-7-3-5-9-16(14)17;1-3-2/h2*2-9,17-18H,10-12H2,1H3,(H,21,24)(H,22,23);/t2*18-;/m00./s1. The quantitative estimate of drug-likeness (QED) is 0.105. The van der Waals surface area contributed by atoms with Gasteiger partial charge in [0.25, 0.3) is 0 Å². The van der Waals surface area contributed by atoms with Crippen LogP contribution in [0.2, 0.25) is 0 Å². The van der Waals surface area contributed by atoms with Gasteiger partial charge in [-0.15, -0.1) is 0 Å². The SMILES string of the molecule is CSCC[C@H](NC(=O)OCC1c2ccccc2-c2ccccc21)C(=O)O.CSCC[C@H](NC(=O)OCC1c2ccccc2-c2ccccc21)C(=O)O.O=S=O. The number of aliphatic carboxylic acids is 2. The second-order valence-electron chi connectivity index (χ2n) is 12.4. The zero-order valence-electron chi connectivity index (χ0n) is 30.2. The van der Waals surface area contributed by atoms with E-state index in [2.05, 4.69) is 34.9 Å². The van der Waals surface area contributed by atoms with Crippen LogP contribution in [0, 0.1) is 0 Å². The Morgan fingerprint density at radius 3 is 1.09 bits per heavy atom. The molecule has 6 rings (SSSR count). The normalized spacial score (nSPS) is 13.1. The van der Waals surface area contributed by atoms with Crippen LogP contribution in [0.25, 0.3) is 22.3 Å². The maximum atomic E-state index is 12.1. The molecule has 12 nitrogen and oxygen atoms in total. The molecule has 2 aliphatic carbocycles. The lowest BCUT2D eigenvalue weighted by atomic mass is 9.98. The summed E-state index contributed by atoms with van der Waals surface area (Å²) < 4.78 is 27.3. The zero-order valence-corrected chi connectivity index (χ0v) is 32.6. The number of carboxylic acid groups (broad SMARTS) is 2. The second-order valence-corrected chi connectivity index (χ2v) is 14.5. The molecule has 0 saturated carbocycles. The number of carbonyl (C=O) groups excluding carboxylic acids is 2. The molecule has 0 spiro atoms. The van der Waals surface area contributed by atoms with Crippen LogP contribution in [0.4, 0.5) is 9.59 Å². The highest BCUT2D eigenvalue weighted by Gasteiger charge is 2.31. The van der Waals surface area contributed by atoms with Crippen LogP contribution in [-0.2, 0) is 30.6 Å². The third kappa shape index (κ3) is 11.4. The number of amides is 2. The number of carboxylic acids is 2. The molecule has 0 unspecified atom stereocenters. The third-order valence-electron chi connectivity index (χ3n) is 9.09. The Morgan fingerprint density at radius 2 is 0.836 bits per heavy atom. The minimum absolute atomic E-state index is 0.0392. The number of carbonyl (C=O) groups is 4. The lowest BCUT2D eigenvalue weighted by molar-refractivity contribution is -0.140. The highest BCUT2D eigenvalue weighted by molar-refractivity contribution is 7.98. The number of hydrogen-bond acceptors (Lipinski definition) is 10. The van der Waals surface area contributed by atoms with Gasteiger partial charge < -0.3 is 30.3 Å². The van der Waals surface area contributed by atoms with Crippen molar-refractivity contribution in [3.8, 4) is 22.3 Å². The molecule has 2 aliphatic rings. The Labute approximate surface area is 331 Å². The minimum atomic E-state index is -1.05. The molecule has 0 radical (unpaired) electrons. The number of nitrogens with one attached hydrogen (secondary N) is 2. The predicted octanol–water partition coefficient (Wildman–Crippen LogP) is 6.79. The van der Waals surface area contributed by atoms with E-state index in [0.717, 1.165) is 44.5 Å². The number of rotatable bonds is 14. The van der Waals surface area contributed by atoms with Crippen molar-refractivity contribution in [2.75, 3.05) is 37.2 Å². The summed E-state index contributed by atoms with van der Waals surface area (Å²) >= 11 is 2.32. The van der Waals surface area contributed by atoms with Crippen LogP contribution in [-0.4, -0.2) is 92.1 Å². The van der Waals surface area contributed by atoms with Crippen molar-refractivity contribution in [3.05, 3.63) is 119 Å². The molecule has 2 atom stereocenters. The van der Waals surface area contributed by atoms with Gasteiger partial charge in [-0.1, -0.05) is 97.1 Å². The monoisotopic (exact) mass is 806 g/mol. The Kier molecular flexibility index (Phi) is 16.8. The summed E-state index contributed by atoms with van der Waals surface area (Å²) in [4.78, 5) is 46.7. The van der Waals surface area contributed by atoms with Gasteiger partial charge in [0, 0.05) is 11.8 Å². The third-order valence-corrected chi connectivity index (χ3v) is 10.4. The number of benzene rings is 4. The maximum Gasteiger partial charge on any atom is 0.407 e. The van der Waals surface area contributed by atoms with Gasteiger partial charge in [0.2, 0.25) is 0 Å². The fourth-order valence-corrected chi connectivity index (χ4v) is 7.49. The van der Waals surface area contributed by atoms with Crippen LogP contribution in [0.1, 0.15) is 46.9 Å². The molecule has 15 heteroatoms. The highest BCUT2D eigenvalue weighted by Crippen LogP contribution is 2.45. The van der Waals surface area contributed by atoms with E-state index in [1.165, 1.54) is 23.5 Å². The van der Waals surface area contributed by atoms with E-state index in [4.69, 9.17) is 17.9 Å². The molecule has 0 aliphatic heterocycles. The molecule has 290 valence electrons. The summed E-state index contributed by atoms with van der Waals surface area (Å²) in [6, 6.07) is 30.4. The zero-order chi connectivity index (χ0) is 39.7. The van der Waals surface area contributed by atoms with Crippen molar-refractivity contribution in [3.63, 3.8) is 0 Å². The van der Waals surface area contributed by atoms with Crippen LogP contribution >= 0.6 is 23.5 Å². The predicted molar refractivity (Wildman–Crippen MR) is 214 cm³/mol. The van der Waals surface area contributed by atoms with Gasteiger partial charge in [0.05, 0.1) is 0 Å². The molecule has 55 heavy (non-hydrogen) atoms. The molecule has 0 saturated heterocycles. The highest BCUT2D eigenvalue weighted by atomic mass is 32.2. The van der Waals surface area contributed by atoms with E-state index < -0.39 is 47.8 Å². The molecule has 4 aromatic carbocycles. The number of thioether (sulfide) groups is 2. The van der Waals surface area contributed by atoms with Crippen molar-refractivity contribution in [2.45, 2.75) is 36.8 Å². The van der Waals surface area contributed by atoms with E-state index in [-0.39, 0.29) is 25.0 Å². The molecule has 2 amide bonds. The van der Waals surface area contributed by atoms with Gasteiger partial charge in [-0.2, -0.15) is 31.9 Å². The van der Waals surface area contributed by atoms with Gasteiger partial charge in [-0.25, -0.2) is 19.2 Å². The summed E-state index contributed by atoms with van der Waals surface area (Å²) in [7, 11) is 0. The molecule has 0 fully saturated rings. The van der Waals surface area contributed by atoms with Gasteiger partial charge in [-0.05, 0) is 81.4 Å². The summed E-state index contributed by atoms with van der Waals surface area (Å²) in [5.41, 5.74) is 9.11. The van der Waals surface area contributed by atoms with Crippen LogP contribution in [0.15, 0.2) is 97.1 Å². The van der Waals surface area contributed by atoms with Crippen molar-refractivity contribution in [1.82, 2.24) is 10.6 Å². The summed E-state index contributed by atoms with van der Waals surface area (Å²) in [6.07, 6.45) is 3.13. The fraction of sp³-hybridized carbons (Fsp3) is 0.300. The van der Waals surface area contributed by atoms with Gasteiger partial charge >= 0.3 is 35.7 Å². The Morgan fingerprint density at radius 1 is 0.564 bits per heavy atom. The maximum absolute atomic E-state index is 12.1. The van der Waals surface area contributed by atoms with Crippen LogP contribution in [0.3, 0.4) is 0 Å². The average molecular weight is 807 g/mol. The molecule has 0 aromatic heterocycles. The van der Waals surface area contributed by atoms with E-state index >= 15 is 0 Å². The number of ether oxygens (including phenoxy) is 2. The molecule has 4 aromatic rings. The Balaban J connectivity index is 0.000000228. The van der Waals surface area contributed by atoms with Gasteiger partial charge in [0.1, 0.15) is 25.3 Å². The van der Waals surface area contributed by atoms with E-state index in [0.29, 0.717) is 24.3 Å². The first-order chi connectivity index (χ1) is 26.6. The van der Waals surface area contributed by atoms with Crippen molar-refractivity contribution in [1.29, 1.82) is 0 Å². The Hall–Kier alpha value is -5.12. The minimum Gasteiger partial charge on any atom is -0.480 e. The summed E-state index contributed by atoms with van der Waals surface area (Å²) in [5, 5.41) is 23.3. The molecule has 0 heterocycles. The van der Waals surface area contributed by atoms with Gasteiger partial charge in [-0.3, -0.25) is 0 Å². The molecular weight excluding hydrogens is 765 g/mol. The van der Waals surface area contributed by atoms with Gasteiger partial charge in [0.15, 0.2) is 0 Å². The summed E-state index contributed by atoms with van der Waals surface area (Å²) in [5.74, 6) is -0.869. The smallest absolute Gasteiger partial charge is 0.407 e. The van der Waals surface area contributed by atoms with Crippen molar-refractivity contribution in [2.24, 2.45) is 0 Å². The van der Waals surface area contributed by atoms with Crippen LogP contribution in [0.5, 0.6) is 0 Å². The van der Waals surface area contributed by atoms with E-state index in [1.807, 2.05) is 85.3 Å².